The molecule has 8 nitrogen and oxygen atoms in total. The van der Waals surface area contributed by atoms with Gasteiger partial charge in [0.15, 0.2) is 6.04 Å². The first-order chi connectivity index (χ1) is 16.8. The molecular weight excluding hydrogens is 442 g/mol. The summed E-state index contributed by atoms with van der Waals surface area (Å²) < 4.78 is 5.63. The molecule has 35 heavy (non-hydrogen) atoms. The van der Waals surface area contributed by atoms with Gasteiger partial charge in [-0.3, -0.25) is 4.79 Å². The molecule has 0 saturated heterocycles. The summed E-state index contributed by atoms with van der Waals surface area (Å²) in [7, 11) is 1.71. The summed E-state index contributed by atoms with van der Waals surface area (Å²) in [5.41, 5.74) is 3.19. The maximum Gasteiger partial charge on any atom is 0.338 e. The largest absolute Gasteiger partial charge is 0.425 e. The van der Waals surface area contributed by atoms with Crippen LogP contribution in [0.15, 0.2) is 78.9 Å². The highest BCUT2D eigenvalue weighted by atomic mass is 16.5. The zero-order valence-corrected chi connectivity index (χ0v) is 20.1. The Kier molecular flexibility index (Phi) is 7.01. The molecule has 0 aliphatic heterocycles. The molecule has 0 N–H and O–H groups in total. The van der Waals surface area contributed by atoms with E-state index >= 15 is 0 Å². The zero-order valence-electron chi connectivity index (χ0n) is 20.1. The summed E-state index contributed by atoms with van der Waals surface area (Å²) in [5.74, 6) is 0.0615. The van der Waals surface area contributed by atoms with Gasteiger partial charge < -0.3 is 9.64 Å². The normalized spacial score (nSPS) is 11.8. The smallest absolute Gasteiger partial charge is 0.338 e. The molecule has 0 aliphatic rings. The van der Waals surface area contributed by atoms with E-state index in [0.717, 1.165) is 11.1 Å². The van der Waals surface area contributed by atoms with Gasteiger partial charge in [0.2, 0.25) is 5.82 Å². The Labute approximate surface area is 204 Å². The van der Waals surface area contributed by atoms with E-state index in [-0.39, 0.29) is 11.8 Å². The molecule has 0 aliphatic carbocycles. The predicted molar refractivity (Wildman–Crippen MR) is 133 cm³/mol. The second-order valence-corrected chi connectivity index (χ2v) is 8.63. The summed E-state index contributed by atoms with van der Waals surface area (Å²) in [4.78, 5) is 28.6. The topological polar surface area (TPSA) is 90.2 Å². The number of benzene rings is 3. The zero-order chi connectivity index (χ0) is 24.9. The van der Waals surface area contributed by atoms with E-state index in [2.05, 4.69) is 15.4 Å². The maximum absolute atomic E-state index is 13.0. The molecule has 0 fully saturated rings. The van der Waals surface area contributed by atoms with Crippen molar-refractivity contribution in [3.8, 4) is 17.1 Å². The van der Waals surface area contributed by atoms with Gasteiger partial charge >= 0.3 is 5.97 Å². The molecular formula is C27H27N5O3. The summed E-state index contributed by atoms with van der Waals surface area (Å²) in [6.07, 6.45) is 0. The second-order valence-electron chi connectivity index (χ2n) is 8.63. The van der Waals surface area contributed by atoms with Crippen LogP contribution in [-0.4, -0.2) is 39.1 Å². The van der Waals surface area contributed by atoms with Crippen molar-refractivity contribution in [1.82, 2.24) is 20.2 Å². The molecule has 0 saturated carbocycles. The molecule has 0 radical (unpaired) electrons. The van der Waals surface area contributed by atoms with Crippen LogP contribution in [0.1, 0.15) is 35.8 Å². The molecule has 1 unspecified atom stereocenters. The van der Waals surface area contributed by atoms with E-state index in [9.17, 15) is 9.59 Å². The van der Waals surface area contributed by atoms with Crippen LogP contribution in [0.2, 0.25) is 0 Å². The fourth-order valence-electron chi connectivity index (χ4n) is 3.60. The maximum atomic E-state index is 13.0. The molecule has 3 aromatic carbocycles. The summed E-state index contributed by atoms with van der Waals surface area (Å²) >= 11 is 0. The molecule has 4 aromatic rings. The SMILES string of the molecule is Cc1ccc(C(=O)N(C)c2ccc(OC(=O)C(C(C)C)n3nnc(-c4ccccc4)n3)cc2)cc1. The number of hydrogen-bond acceptors (Lipinski definition) is 6. The standard InChI is InChI=1S/C27H27N5O3/c1-18(2)24(32-29-25(28-30-32)20-8-6-5-7-9-20)27(34)35-23-16-14-22(15-17-23)31(4)26(33)21-12-10-19(3)11-13-21/h5-18,24H,1-4H3. The molecule has 4 rings (SSSR count). The van der Waals surface area contributed by atoms with Crippen LogP contribution >= 0.6 is 0 Å². The first-order valence-electron chi connectivity index (χ1n) is 11.3. The van der Waals surface area contributed by atoms with Crippen molar-refractivity contribution in [1.29, 1.82) is 0 Å². The highest BCUT2D eigenvalue weighted by Gasteiger charge is 2.29. The Balaban J connectivity index is 1.46. The van der Waals surface area contributed by atoms with Gasteiger partial charge in [0.05, 0.1) is 0 Å². The molecule has 1 heterocycles. The van der Waals surface area contributed by atoms with Gasteiger partial charge in [-0.05, 0) is 54.5 Å². The Hall–Kier alpha value is -4.33. The molecule has 1 amide bonds. The van der Waals surface area contributed by atoms with E-state index in [1.54, 1.807) is 48.3 Å². The monoisotopic (exact) mass is 469 g/mol. The minimum absolute atomic E-state index is 0.124. The molecule has 8 heteroatoms. The number of tetrazole rings is 1. The van der Waals surface area contributed by atoms with Gasteiger partial charge in [-0.15, -0.1) is 15.0 Å². The second kappa shape index (κ2) is 10.3. The van der Waals surface area contributed by atoms with E-state index in [0.29, 0.717) is 22.8 Å². The molecule has 178 valence electrons. The van der Waals surface area contributed by atoms with Crippen LogP contribution in [-0.2, 0) is 4.79 Å². The van der Waals surface area contributed by atoms with Crippen molar-refractivity contribution in [2.75, 3.05) is 11.9 Å². The van der Waals surface area contributed by atoms with Crippen LogP contribution in [0.3, 0.4) is 0 Å². The Bertz CT molecular complexity index is 1300. The molecule has 1 aromatic heterocycles. The van der Waals surface area contributed by atoms with Crippen LogP contribution in [0, 0.1) is 12.8 Å². The number of anilines is 1. The van der Waals surface area contributed by atoms with Crippen LogP contribution in [0.4, 0.5) is 5.69 Å². The lowest BCUT2D eigenvalue weighted by atomic mass is 10.1. The average molecular weight is 470 g/mol. The van der Waals surface area contributed by atoms with Crippen molar-refractivity contribution in [2.45, 2.75) is 26.8 Å². The van der Waals surface area contributed by atoms with Gasteiger partial charge in [-0.1, -0.05) is 61.9 Å². The summed E-state index contributed by atoms with van der Waals surface area (Å²) in [6.45, 7) is 5.77. The van der Waals surface area contributed by atoms with Crippen molar-refractivity contribution in [3.05, 3.63) is 90.0 Å². The fraction of sp³-hybridized carbons (Fsp3) is 0.222. The third kappa shape index (κ3) is 5.43. The average Bonchev–Trinajstić information content (AvgIpc) is 3.34. The number of aromatic nitrogens is 4. The van der Waals surface area contributed by atoms with Crippen molar-refractivity contribution >= 4 is 17.6 Å². The highest BCUT2D eigenvalue weighted by Crippen LogP contribution is 2.24. The summed E-state index contributed by atoms with van der Waals surface area (Å²) in [5, 5.41) is 12.6. The molecule has 0 bridgehead atoms. The number of hydrogen-bond donors (Lipinski definition) is 0. The van der Waals surface area contributed by atoms with Gasteiger partial charge in [0, 0.05) is 23.9 Å². The van der Waals surface area contributed by atoms with Gasteiger partial charge in [0.1, 0.15) is 5.75 Å². The van der Waals surface area contributed by atoms with Crippen molar-refractivity contribution in [3.63, 3.8) is 0 Å². The Morgan fingerprint density at radius 2 is 1.57 bits per heavy atom. The van der Waals surface area contributed by atoms with Crippen LogP contribution in [0.5, 0.6) is 5.75 Å². The van der Waals surface area contributed by atoms with Gasteiger partial charge in [-0.25, -0.2) is 4.79 Å². The number of aryl methyl sites for hydroxylation is 1. The Morgan fingerprint density at radius 1 is 0.914 bits per heavy atom. The van der Waals surface area contributed by atoms with Crippen molar-refractivity contribution < 1.29 is 14.3 Å². The third-order valence-corrected chi connectivity index (χ3v) is 5.63. The van der Waals surface area contributed by atoms with Crippen LogP contribution in [0.25, 0.3) is 11.4 Å². The number of nitrogens with zero attached hydrogens (tertiary/aromatic N) is 5. The first-order valence-corrected chi connectivity index (χ1v) is 11.3. The summed E-state index contributed by atoms with van der Waals surface area (Å²) in [6, 6.07) is 22.9. The minimum Gasteiger partial charge on any atom is -0.425 e. The molecule has 0 spiro atoms. The quantitative estimate of drug-likeness (QED) is 0.287. The van der Waals surface area contributed by atoms with Crippen molar-refractivity contribution in [2.24, 2.45) is 5.92 Å². The number of esters is 1. The number of carbonyl (C=O) groups is 2. The Morgan fingerprint density at radius 3 is 2.20 bits per heavy atom. The van der Waals surface area contributed by atoms with Gasteiger partial charge in [-0.2, -0.15) is 0 Å². The number of amides is 1. The predicted octanol–water partition coefficient (Wildman–Crippen LogP) is 4.73. The van der Waals surface area contributed by atoms with Crippen LogP contribution < -0.4 is 9.64 Å². The number of rotatable bonds is 7. The third-order valence-electron chi connectivity index (χ3n) is 5.63. The first kappa shape index (κ1) is 23.8. The fourth-order valence-corrected chi connectivity index (χ4v) is 3.60. The van der Waals surface area contributed by atoms with E-state index in [1.165, 1.54) is 4.80 Å². The minimum atomic E-state index is -0.745. The number of ether oxygens (including phenoxy) is 1. The lowest BCUT2D eigenvalue weighted by molar-refractivity contribution is -0.140. The molecule has 1 atom stereocenters. The lowest BCUT2D eigenvalue weighted by Crippen LogP contribution is -2.30. The highest BCUT2D eigenvalue weighted by molar-refractivity contribution is 6.05. The van der Waals surface area contributed by atoms with E-state index in [4.69, 9.17) is 4.74 Å². The lowest BCUT2D eigenvalue weighted by Gasteiger charge is -2.19. The number of carbonyl (C=O) groups excluding carboxylic acids is 2. The van der Waals surface area contributed by atoms with E-state index < -0.39 is 12.0 Å². The van der Waals surface area contributed by atoms with E-state index in [1.807, 2.05) is 63.2 Å². The van der Waals surface area contributed by atoms with Gasteiger partial charge in [0.25, 0.3) is 5.91 Å².